The van der Waals surface area contributed by atoms with Crippen LogP contribution in [0.25, 0.3) is 5.69 Å². The quantitative estimate of drug-likeness (QED) is 0.672. The normalized spacial score (nSPS) is 10.0. The first kappa shape index (κ1) is 15.3. The number of esters is 1. The Morgan fingerprint density at radius 1 is 1.41 bits per heavy atom. The fourth-order valence-electron chi connectivity index (χ4n) is 1.92. The van der Waals surface area contributed by atoms with Crippen molar-refractivity contribution < 1.29 is 9.53 Å². The van der Waals surface area contributed by atoms with Crippen LogP contribution in [0.15, 0.2) is 29.1 Å². The van der Waals surface area contributed by atoms with Crippen molar-refractivity contribution in [2.45, 2.75) is 13.8 Å². The second-order valence-electron chi connectivity index (χ2n) is 4.49. The molecule has 1 aromatic heterocycles. The summed E-state index contributed by atoms with van der Waals surface area (Å²) >= 11 is 0. The molecule has 112 valence electrons. The van der Waals surface area contributed by atoms with Gasteiger partial charge in [0, 0.05) is 11.3 Å². The lowest BCUT2D eigenvalue weighted by Gasteiger charge is -2.10. The maximum absolute atomic E-state index is 12.3. The van der Waals surface area contributed by atoms with E-state index in [-0.39, 0.29) is 23.4 Å². The van der Waals surface area contributed by atoms with Crippen LogP contribution in [0.2, 0.25) is 0 Å². The molecule has 0 bridgehead atoms. The van der Waals surface area contributed by atoms with Gasteiger partial charge in [-0.25, -0.2) is 4.79 Å². The zero-order chi connectivity index (χ0) is 16.3. The topological polar surface area (TPSA) is 111 Å². The Hall–Kier alpha value is -3.14. The SMILES string of the molecule is CCOC(=O)c1nn(-c2ccc(N)cc2)c(=O)c(C#N)c1C. The van der Waals surface area contributed by atoms with Crippen LogP contribution < -0.4 is 11.3 Å². The van der Waals surface area contributed by atoms with E-state index in [9.17, 15) is 14.9 Å². The Morgan fingerprint density at radius 2 is 2.05 bits per heavy atom. The largest absolute Gasteiger partial charge is 0.461 e. The highest BCUT2D eigenvalue weighted by molar-refractivity contribution is 5.89. The molecule has 0 amide bonds. The average Bonchev–Trinajstić information content (AvgIpc) is 2.49. The average molecular weight is 298 g/mol. The van der Waals surface area contributed by atoms with Gasteiger partial charge in [0.25, 0.3) is 5.56 Å². The Labute approximate surface area is 126 Å². The van der Waals surface area contributed by atoms with Gasteiger partial charge >= 0.3 is 5.97 Å². The van der Waals surface area contributed by atoms with E-state index in [2.05, 4.69) is 5.10 Å². The molecule has 0 atom stereocenters. The van der Waals surface area contributed by atoms with Crippen molar-refractivity contribution >= 4 is 11.7 Å². The molecular weight excluding hydrogens is 284 g/mol. The number of aromatic nitrogens is 2. The first-order valence-corrected chi connectivity index (χ1v) is 6.56. The van der Waals surface area contributed by atoms with Crippen LogP contribution in [0.5, 0.6) is 0 Å². The molecule has 0 unspecified atom stereocenters. The van der Waals surface area contributed by atoms with Crippen LogP contribution in [-0.2, 0) is 4.74 Å². The lowest BCUT2D eigenvalue weighted by atomic mass is 10.1. The maximum Gasteiger partial charge on any atom is 0.359 e. The van der Waals surface area contributed by atoms with Crippen LogP contribution in [0.3, 0.4) is 0 Å². The standard InChI is InChI=1S/C15H14N4O3/c1-3-22-15(21)13-9(2)12(8-16)14(20)19(18-13)11-6-4-10(17)5-7-11/h4-7H,3,17H2,1-2H3. The fourth-order valence-corrected chi connectivity index (χ4v) is 1.92. The van der Waals surface area contributed by atoms with Gasteiger partial charge in [0.05, 0.1) is 12.3 Å². The van der Waals surface area contributed by atoms with Crippen molar-refractivity contribution in [3.63, 3.8) is 0 Å². The highest BCUT2D eigenvalue weighted by atomic mass is 16.5. The molecule has 0 aliphatic carbocycles. The number of benzene rings is 1. The summed E-state index contributed by atoms with van der Waals surface area (Å²) in [5.41, 5.74) is 5.94. The minimum Gasteiger partial charge on any atom is -0.461 e. The zero-order valence-corrected chi connectivity index (χ0v) is 12.2. The number of anilines is 1. The van der Waals surface area contributed by atoms with Crippen LogP contribution >= 0.6 is 0 Å². The number of rotatable bonds is 3. The highest BCUT2D eigenvalue weighted by Crippen LogP contribution is 2.13. The van der Waals surface area contributed by atoms with Gasteiger partial charge in [-0.1, -0.05) is 0 Å². The molecule has 0 aliphatic heterocycles. The predicted octanol–water partition coefficient (Wildman–Crippen LogP) is 1.17. The summed E-state index contributed by atoms with van der Waals surface area (Å²) in [7, 11) is 0. The maximum atomic E-state index is 12.3. The summed E-state index contributed by atoms with van der Waals surface area (Å²) in [6.45, 7) is 3.32. The number of nitrogens with zero attached hydrogens (tertiary/aromatic N) is 3. The molecule has 2 rings (SSSR count). The van der Waals surface area contributed by atoms with Gasteiger partial charge in [-0.15, -0.1) is 0 Å². The molecule has 1 heterocycles. The van der Waals surface area contributed by atoms with Gasteiger partial charge in [0.15, 0.2) is 5.69 Å². The Balaban J connectivity index is 2.72. The molecule has 0 fully saturated rings. The molecule has 2 aromatic rings. The molecule has 0 aliphatic rings. The van der Waals surface area contributed by atoms with E-state index in [1.54, 1.807) is 31.2 Å². The summed E-state index contributed by atoms with van der Waals surface area (Å²) in [5, 5.41) is 13.2. The van der Waals surface area contributed by atoms with E-state index in [1.165, 1.54) is 6.92 Å². The highest BCUT2D eigenvalue weighted by Gasteiger charge is 2.20. The monoisotopic (exact) mass is 298 g/mol. The van der Waals surface area contributed by atoms with E-state index >= 15 is 0 Å². The smallest absolute Gasteiger partial charge is 0.359 e. The summed E-state index contributed by atoms with van der Waals surface area (Å²) in [6.07, 6.45) is 0. The molecule has 22 heavy (non-hydrogen) atoms. The molecular formula is C15H14N4O3. The van der Waals surface area contributed by atoms with E-state index in [1.807, 2.05) is 6.07 Å². The van der Waals surface area contributed by atoms with Gasteiger partial charge in [0.2, 0.25) is 0 Å². The van der Waals surface area contributed by atoms with E-state index in [4.69, 9.17) is 10.5 Å². The number of carbonyl (C=O) groups is 1. The first-order chi connectivity index (χ1) is 10.5. The summed E-state index contributed by atoms with van der Waals surface area (Å²) in [5.74, 6) is -0.680. The van der Waals surface area contributed by atoms with Gasteiger partial charge in [0.1, 0.15) is 11.6 Å². The van der Waals surface area contributed by atoms with Crippen LogP contribution in [-0.4, -0.2) is 22.4 Å². The molecule has 2 N–H and O–H groups in total. The molecule has 1 aromatic carbocycles. The molecule has 0 radical (unpaired) electrons. The van der Waals surface area contributed by atoms with Gasteiger partial charge in [-0.3, -0.25) is 4.79 Å². The molecule has 7 nitrogen and oxygen atoms in total. The Kier molecular flexibility index (Phi) is 4.23. The number of hydrogen-bond donors (Lipinski definition) is 1. The van der Waals surface area contributed by atoms with Gasteiger partial charge < -0.3 is 10.5 Å². The van der Waals surface area contributed by atoms with E-state index in [0.29, 0.717) is 11.4 Å². The van der Waals surface area contributed by atoms with Crippen molar-refractivity contribution in [3.05, 3.63) is 51.4 Å². The lowest BCUT2D eigenvalue weighted by molar-refractivity contribution is 0.0516. The summed E-state index contributed by atoms with van der Waals surface area (Å²) in [6, 6.07) is 8.17. The van der Waals surface area contributed by atoms with E-state index < -0.39 is 11.5 Å². The Morgan fingerprint density at radius 3 is 2.59 bits per heavy atom. The van der Waals surface area contributed by atoms with Crippen LogP contribution in [0.1, 0.15) is 28.5 Å². The van der Waals surface area contributed by atoms with Crippen molar-refractivity contribution in [2.24, 2.45) is 0 Å². The lowest BCUT2D eigenvalue weighted by Crippen LogP contribution is -2.28. The number of hydrogen-bond acceptors (Lipinski definition) is 6. The third kappa shape index (κ3) is 2.67. The Bertz CT molecular complexity index is 816. The molecule has 7 heteroatoms. The third-order valence-electron chi connectivity index (χ3n) is 3.05. The van der Waals surface area contributed by atoms with Gasteiger partial charge in [-0.2, -0.15) is 15.0 Å². The zero-order valence-electron chi connectivity index (χ0n) is 12.2. The molecule has 0 saturated carbocycles. The number of nitriles is 1. The van der Waals surface area contributed by atoms with Gasteiger partial charge in [-0.05, 0) is 38.1 Å². The first-order valence-electron chi connectivity index (χ1n) is 6.56. The summed E-state index contributed by atoms with van der Waals surface area (Å²) in [4.78, 5) is 24.3. The molecule has 0 saturated heterocycles. The molecule has 0 spiro atoms. The van der Waals surface area contributed by atoms with Crippen molar-refractivity contribution in [3.8, 4) is 11.8 Å². The minimum absolute atomic E-state index is 0.0603. The number of ether oxygens (including phenoxy) is 1. The van der Waals surface area contributed by atoms with Crippen molar-refractivity contribution in [1.82, 2.24) is 9.78 Å². The predicted molar refractivity (Wildman–Crippen MR) is 79.7 cm³/mol. The number of nitrogens with two attached hydrogens (primary N) is 1. The van der Waals surface area contributed by atoms with Crippen molar-refractivity contribution in [2.75, 3.05) is 12.3 Å². The minimum atomic E-state index is -0.680. The van der Waals surface area contributed by atoms with Crippen molar-refractivity contribution in [1.29, 1.82) is 5.26 Å². The fraction of sp³-hybridized carbons (Fsp3) is 0.200. The summed E-state index contributed by atoms with van der Waals surface area (Å²) < 4.78 is 5.91. The van der Waals surface area contributed by atoms with Crippen LogP contribution in [0.4, 0.5) is 5.69 Å². The number of carbonyl (C=O) groups excluding carboxylic acids is 1. The second-order valence-corrected chi connectivity index (χ2v) is 4.49. The second kappa shape index (κ2) is 6.10. The number of nitrogen functional groups attached to an aromatic ring is 1. The van der Waals surface area contributed by atoms with Crippen LogP contribution in [0, 0.1) is 18.3 Å². The third-order valence-corrected chi connectivity index (χ3v) is 3.05. The van der Waals surface area contributed by atoms with E-state index in [0.717, 1.165) is 4.68 Å².